The van der Waals surface area contributed by atoms with Gasteiger partial charge < -0.3 is 9.80 Å². The lowest BCUT2D eigenvalue weighted by Crippen LogP contribution is -2.27. The third-order valence-corrected chi connectivity index (χ3v) is 10.4. The van der Waals surface area contributed by atoms with Crippen LogP contribution in [-0.4, -0.2) is 47.1 Å². The van der Waals surface area contributed by atoms with Crippen LogP contribution in [0.1, 0.15) is 66.8 Å². The zero-order chi connectivity index (χ0) is 29.1. The molecule has 2 aliphatic heterocycles. The Morgan fingerprint density at radius 1 is 1.05 bits per heavy atom. The molecule has 3 heterocycles. The summed E-state index contributed by atoms with van der Waals surface area (Å²) in [5, 5.41) is 3.82. The molecule has 216 valence electrons. The molecular weight excluding hydrogens is 546 g/mol. The maximum Gasteiger partial charge on any atom is 0.264 e. The number of sulfone groups is 1. The van der Waals surface area contributed by atoms with Crippen molar-refractivity contribution in [2.75, 3.05) is 17.7 Å². The lowest BCUT2D eigenvalue weighted by Gasteiger charge is -2.34. The Kier molecular flexibility index (Phi) is 7.00. The largest absolute Gasteiger partial charge is 0.341 e. The van der Waals surface area contributed by atoms with E-state index in [1.54, 1.807) is 42.0 Å². The maximum atomic E-state index is 14.5. The molecule has 10 heteroatoms. The smallest absolute Gasteiger partial charge is 0.264 e. The number of anilines is 2. The Bertz CT molecular complexity index is 1680. The molecular formula is C31H34F2N4O3S. The first-order valence-corrected chi connectivity index (χ1v) is 16.0. The molecule has 6 rings (SSSR count). The van der Waals surface area contributed by atoms with Gasteiger partial charge in [0.25, 0.3) is 6.43 Å². The highest BCUT2D eigenvalue weighted by molar-refractivity contribution is 7.91. The van der Waals surface area contributed by atoms with E-state index in [4.69, 9.17) is 0 Å². The molecule has 3 aromatic rings. The Hall–Kier alpha value is -3.53. The van der Waals surface area contributed by atoms with Crippen molar-refractivity contribution in [2.45, 2.75) is 63.8 Å². The summed E-state index contributed by atoms with van der Waals surface area (Å²) < 4.78 is 54.8. The first-order chi connectivity index (χ1) is 19.5. The van der Waals surface area contributed by atoms with Gasteiger partial charge in [0.05, 0.1) is 11.4 Å². The van der Waals surface area contributed by atoms with E-state index in [1.165, 1.54) is 6.26 Å². The minimum absolute atomic E-state index is 0.0123. The van der Waals surface area contributed by atoms with Gasteiger partial charge in [0, 0.05) is 74.1 Å². The molecule has 1 unspecified atom stereocenters. The monoisotopic (exact) mass is 580 g/mol. The van der Waals surface area contributed by atoms with Gasteiger partial charge in [-0.2, -0.15) is 5.10 Å². The van der Waals surface area contributed by atoms with Crippen molar-refractivity contribution < 1.29 is 22.0 Å². The van der Waals surface area contributed by atoms with E-state index in [9.17, 15) is 22.0 Å². The van der Waals surface area contributed by atoms with Crippen molar-refractivity contribution >= 4 is 32.7 Å². The van der Waals surface area contributed by atoms with Gasteiger partial charge >= 0.3 is 0 Å². The predicted octanol–water partition coefficient (Wildman–Crippen LogP) is 5.95. The lowest BCUT2D eigenvalue weighted by molar-refractivity contribution is -0.129. The molecule has 0 saturated carbocycles. The van der Waals surface area contributed by atoms with E-state index in [1.807, 2.05) is 12.1 Å². The van der Waals surface area contributed by atoms with Crippen LogP contribution >= 0.6 is 0 Å². The molecule has 0 spiro atoms. The van der Waals surface area contributed by atoms with E-state index >= 15 is 0 Å². The van der Waals surface area contributed by atoms with Gasteiger partial charge in [-0.05, 0) is 84.2 Å². The standard InChI is InChI=1S/C31H34F2N4O3S/c1-19(38)36-17-23-11-22(20-6-8-25(9-7-20)41(3,39)40)13-30(28(23)18-36)37-10-4-5-21-12-26(24-15-34-35(2)16-24)27(31(32)33)14-29(21)37/h6,11-16,25,31H,4-5,7-10,17-18H2,1-3H3. The first kappa shape index (κ1) is 27.6. The summed E-state index contributed by atoms with van der Waals surface area (Å²) in [6, 6.07) is 7.76. The topological polar surface area (TPSA) is 75.5 Å². The Labute approximate surface area is 239 Å². The number of allylic oxidation sites excluding steroid dienone is 2. The van der Waals surface area contributed by atoms with Gasteiger partial charge in [-0.25, -0.2) is 17.2 Å². The minimum atomic E-state index is -3.11. The average molecular weight is 581 g/mol. The van der Waals surface area contributed by atoms with E-state index in [2.05, 4.69) is 22.1 Å². The highest BCUT2D eigenvalue weighted by atomic mass is 32.2. The number of rotatable bonds is 5. The number of amides is 1. The van der Waals surface area contributed by atoms with Crippen LogP contribution in [0.5, 0.6) is 0 Å². The summed E-state index contributed by atoms with van der Waals surface area (Å²) >= 11 is 0. The number of carbonyl (C=O) groups is 1. The number of benzene rings is 2. The van der Waals surface area contributed by atoms with Crippen molar-refractivity contribution in [3.05, 3.63) is 70.6 Å². The second kappa shape index (κ2) is 10.4. The van der Waals surface area contributed by atoms with Crippen molar-refractivity contribution in [2.24, 2.45) is 7.05 Å². The van der Waals surface area contributed by atoms with Gasteiger partial charge in [0.1, 0.15) is 0 Å². The van der Waals surface area contributed by atoms with Crippen LogP contribution in [0.3, 0.4) is 0 Å². The quantitative estimate of drug-likeness (QED) is 0.373. The number of fused-ring (bicyclic) bond motifs is 2. The highest BCUT2D eigenvalue weighted by Gasteiger charge is 2.31. The summed E-state index contributed by atoms with van der Waals surface area (Å²) in [6.45, 7) is 3.20. The van der Waals surface area contributed by atoms with E-state index in [0.717, 1.165) is 52.0 Å². The zero-order valence-corrected chi connectivity index (χ0v) is 24.3. The second-order valence-electron chi connectivity index (χ2n) is 11.5. The van der Waals surface area contributed by atoms with Gasteiger partial charge in [-0.15, -0.1) is 0 Å². The fourth-order valence-electron chi connectivity index (χ4n) is 6.49. The number of aromatic nitrogens is 2. The SMILES string of the molecule is CC(=O)N1Cc2cc(C3=CCC(S(C)(=O)=O)CC3)cc(N3CCCc4cc(-c5cnn(C)c5)c(C(F)F)cc43)c2C1. The molecule has 41 heavy (non-hydrogen) atoms. The highest BCUT2D eigenvalue weighted by Crippen LogP contribution is 2.45. The van der Waals surface area contributed by atoms with Crippen molar-refractivity contribution in [1.82, 2.24) is 14.7 Å². The van der Waals surface area contributed by atoms with Crippen LogP contribution in [-0.2, 0) is 41.2 Å². The summed E-state index contributed by atoms with van der Waals surface area (Å²) in [5.74, 6) is -0.0123. The maximum absolute atomic E-state index is 14.5. The normalized spacial score (nSPS) is 18.9. The van der Waals surface area contributed by atoms with E-state index in [-0.39, 0.29) is 16.7 Å². The number of halogens is 2. The number of aryl methyl sites for hydroxylation is 2. The number of carbonyl (C=O) groups excluding carboxylic acids is 1. The van der Waals surface area contributed by atoms with Gasteiger partial charge in [-0.1, -0.05) is 6.08 Å². The van der Waals surface area contributed by atoms with E-state index < -0.39 is 16.3 Å². The Morgan fingerprint density at radius 2 is 1.85 bits per heavy atom. The zero-order valence-electron chi connectivity index (χ0n) is 23.5. The first-order valence-electron chi connectivity index (χ1n) is 14.0. The Balaban J connectivity index is 1.47. The average Bonchev–Trinajstić information content (AvgIpc) is 3.57. The molecule has 3 aliphatic rings. The van der Waals surface area contributed by atoms with Crippen LogP contribution < -0.4 is 4.90 Å². The number of hydrogen-bond acceptors (Lipinski definition) is 5. The summed E-state index contributed by atoms with van der Waals surface area (Å²) in [6.07, 6.45) is 7.37. The van der Waals surface area contributed by atoms with Gasteiger partial charge in [-0.3, -0.25) is 9.48 Å². The second-order valence-corrected chi connectivity index (χ2v) is 13.8. The summed E-state index contributed by atoms with van der Waals surface area (Å²) in [5.41, 5.74) is 8.04. The van der Waals surface area contributed by atoms with Crippen molar-refractivity contribution in [1.29, 1.82) is 0 Å². The third-order valence-electron chi connectivity index (χ3n) is 8.72. The van der Waals surface area contributed by atoms with Crippen LogP contribution in [0.25, 0.3) is 16.7 Å². The van der Waals surface area contributed by atoms with Gasteiger partial charge in [0.15, 0.2) is 9.84 Å². The molecule has 0 N–H and O–H groups in total. The predicted molar refractivity (Wildman–Crippen MR) is 156 cm³/mol. The Morgan fingerprint density at radius 3 is 2.49 bits per heavy atom. The van der Waals surface area contributed by atoms with Crippen LogP contribution in [0, 0.1) is 0 Å². The van der Waals surface area contributed by atoms with Crippen molar-refractivity contribution in [3.8, 4) is 11.1 Å². The fraction of sp³-hybridized carbons (Fsp3) is 0.419. The molecule has 7 nitrogen and oxygen atoms in total. The number of nitrogens with zero attached hydrogens (tertiary/aromatic N) is 4. The molecule has 1 aliphatic carbocycles. The summed E-state index contributed by atoms with van der Waals surface area (Å²) in [7, 11) is -1.34. The van der Waals surface area contributed by atoms with Gasteiger partial charge in [0.2, 0.25) is 5.91 Å². The fourth-order valence-corrected chi connectivity index (χ4v) is 7.48. The minimum Gasteiger partial charge on any atom is -0.341 e. The number of hydrogen-bond donors (Lipinski definition) is 0. The molecule has 1 atom stereocenters. The van der Waals surface area contributed by atoms with Crippen LogP contribution in [0.15, 0.2) is 42.7 Å². The lowest BCUT2D eigenvalue weighted by atomic mass is 9.89. The molecule has 0 bridgehead atoms. The number of alkyl halides is 2. The molecule has 2 aromatic carbocycles. The van der Waals surface area contributed by atoms with Crippen LogP contribution in [0.2, 0.25) is 0 Å². The molecule has 0 saturated heterocycles. The summed E-state index contributed by atoms with van der Waals surface area (Å²) in [4.78, 5) is 16.3. The molecule has 0 fully saturated rings. The van der Waals surface area contributed by atoms with Crippen molar-refractivity contribution in [3.63, 3.8) is 0 Å². The van der Waals surface area contributed by atoms with E-state index in [0.29, 0.717) is 50.0 Å². The molecule has 1 amide bonds. The third kappa shape index (κ3) is 5.18. The molecule has 1 aromatic heterocycles. The molecule has 0 radical (unpaired) electrons. The van der Waals surface area contributed by atoms with Crippen LogP contribution in [0.4, 0.5) is 20.2 Å².